The second kappa shape index (κ2) is 4.34. The summed E-state index contributed by atoms with van der Waals surface area (Å²) in [7, 11) is 1.58. The average molecular weight is 222 g/mol. The summed E-state index contributed by atoms with van der Waals surface area (Å²) in [5, 5.41) is 12.0. The molecule has 0 saturated heterocycles. The molecule has 0 bridgehead atoms. The minimum Gasteiger partial charge on any atom is -0.383 e. The molecular formula is C10H14N4O2. The maximum atomic E-state index is 11.5. The molecule has 3 N–H and O–H groups in total. The fourth-order valence-electron chi connectivity index (χ4n) is 1.82. The summed E-state index contributed by atoms with van der Waals surface area (Å²) in [6.07, 6.45) is 1.85. The predicted octanol–water partition coefficient (Wildman–Crippen LogP) is -0.584. The third kappa shape index (κ3) is 1.91. The first-order valence-corrected chi connectivity index (χ1v) is 5.27. The van der Waals surface area contributed by atoms with Gasteiger partial charge in [0.25, 0.3) is 5.56 Å². The first kappa shape index (κ1) is 10.7. The van der Waals surface area contributed by atoms with Crippen LogP contribution in [0.4, 0.5) is 5.69 Å². The molecule has 0 aliphatic carbocycles. The molecule has 0 fully saturated rings. The summed E-state index contributed by atoms with van der Waals surface area (Å²) >= 11 is 0. The van der Waals surface area contributed by atoms with Gasteiger partial charge in [0, 0.05) is 19.2 Å². The summed E-state index contributed by atoms with van der Waals surface area (Å²) in [5.74, 6) is -0.117. The normalized spacial score (nSPS) is 13.8. The van der Waals surface area contributed by atoms with Crippen molar-refractivity contribution < 1.29 is 4.79 Å². The third-order valence-corrected chi connectivity index (χ3v) is 2.67. The van der Waals surface area contributed by atoms with Gasteiger partial charge in [0.05, 0.1) is 17.8 Å². The number of carbonyl (C=O) groups is 1. The highest BCUT2D eigenvalue weighted by Crippen LogP contribution is 2.21. The van der Waals surface area contributed by atoms with Gasteiger partial charge in [-0.1, -0.05) is 0 Å². The number of hydrogen-bond acceptors (Lipinski definition) is 4. The lowest BCUT2D eigenvalue weighted by Crippen LogP contribution is -2.28. The maximum Gasteiger partial charge on any atom is 0.269 e. The fraction of sp³-hybridized carbons (Fsp3) is 0.500. The van der Waals surface area contributed by atoms with E-state index in [1.165, 1.54) is 0 Å². The molecule has 1 aromatic rings. The summed E-state index contributed by atoms with van der Waals surface area (Å²) in [6.45, 7) is 0.818. The van der Waals surface area contributed by atoms with Gasteiger partial charge in [-0.2, -0.15) is 5.10 Å². The van der Waals surface area contributed by atoms with Crippen molar-refractivity contribution in [2.24, 2.45) is 0 Å². The van der Waals surface area contributed by atoms with Gasteiger partial charge in [-0.05, 0) is 12.8 Å². The number of H-pyrrole nitrogens is 1. The zero-order valence-electron chi connectivity index (χ0n) is 9.09. The van der Waals surface area contributed by atoms with Gasteiger partial charge in [0.2, 0.25) is 5.91 Å². The zero-order valence-corrected chi connectivity index (χ0v) is 9.09. The van der Waals surface area contributed by atoms with Crippen LogP contribution in [-0.2, 0) is 17.6 Å². The van der Waals surface area contributed by atoms with Crippen molar-refractivity contribution in [1.29, 1.82) is 0 Å². The SMILES string of the molecule is CNC(=O)Cc1n[nH]c(=O)c2c1NCCC2. The Morgan fingerprint density at radius 1 is 1.56 bits per heavy atom. The summed E-state index contributed by atoms with van der Waals surface area (Å²) in [4.78, 5) is 22.8. The van der Waals surface area contributed by atoms with E-state index >= 15 is 0 Å². The number of nitrogens with zero attached hydrogens (tertiary/aromatic N) is 1. The van der Waals surface area contributed by atoms with Gasteiger partial charge in [-0.3, -0.25) is 9.59 Å². The van der Waals surface area contributed by atoms with Crippen molar-refractivity contribution in [3.63, 3.8) is 0 Å². The van der Waals surface area contributed by atoms with Crippen molar-refractivity contribution >= 4 is 11.6 Å². The topological polar surface area (TPSA) is 86.9 Å². The van der Waals surface area contributed by atoms with Crippen molar-refractivity contribution in [2.45, 2.75) is 19.3 Å². The Hall–Kier alpha value is -1.85. The molecule has 0 radical (unpaired) electrons. The fourth-order valence-corrected chi connectivity index (χ4v) is 1.82. The number of rotatable bonds is 2. The molecule has 0 atom stereocenters. The molecule has 1 amide bonds. The number of fused-ring (bicyclic) bond motifs is 1. The van der Waals surface area contributed by atoms with E-state index in [0.29, 0.717) is 11.3 Å². The van der Waals surface area contributed by atoms with Gasteiger partial charge >= 0.3 is 0 Å². The lowest BCUT2D eigenvalue weighted by molar-refractivity contribution is -0.120. The number of aromatic nitrogens is 2. The van der Waals surface area contributed by atoms with Gasteiger partial charge in [0.1, 0.15) is 0 Å². The molecule has 2 rings (SSSR count). The molecule has 1 aromatic heterocycles. The Balaban J connectivity index is 2.39. The molecule has 86 valence electrons. The van der Waals surface area contributed by atoms with Crippen LogP contribution >= 0.6 is 0 Å². The number of likely N-dealkylation sites (N-methyl/N-ethyl adjacent to an activating group) is 1. The van der Waals surface area contributed by atoms with Crippen LogP contribution in [-0.4, -0.2) is 29.7 Å². The first-order chi connectivity index (χ1) is 7.72. The number of aromatic amines is 1. The van der Waals surface area contributed by atoms with E-state index in [1.807, 2.05) is 0 Å². The second-order valence-corrected chi connectivity index (χ2v) is 3.73. The zero-order chi connectivity index (χ0) is 11.5. The Labute approximate surface area is 92.4 Å². The van der Waals surface area contributed by atoms with E-state index < -0.39 is 0 Å². The largest absolute Gasteiger partial charge is 0.383 e. The number of carbonyl (C=O) groups excluding carboxylic acids is 1. The van der Waals surface area contributed by atoms with Crippen LogP contribution in [0.5, 0.6) is 0 Å². The molecular weight excluding hydrogens is 208 g/mol. The Morgan fingerprint density at radius 3 is 3.12 bits per heavy atom. The van der Waals surface area contributed by atoms with E-state index in [0.717, 1.165) is 25.1 Å². The Kier molecular flexibility index (Phi) is 2.89. The highest BCUT2D eigenvalue weighted by Gasteiger charge is 2.18. The lowest BCUT2D eigenvalue weighted by Gasteiger charge is -2.18. The van der Waals surface area contributed by atoms with Gasteiger partial charge in [0.15, 0.2) is 0 Å². The average Bonchev–Trinajstić information content (AvgIpc) is 2.33. The minimum atomic E-state index is -0.164. The second-order valence-electron chi connectivity index (χ2n) is 3.73. The van der Waals surface area contributed by atoms with Crippen LogP contribution < -0.4 is 16.2 Å². The van der Waals surface area contributed by atoms with Crippen LogP contribution in [0, 0.1) is 0 Å². The molecule has 0 unspecified atom stereocenters. The molecule has 16 heavy (non-hydrogen) atoms. The molecule has 0 saturated carbocycles. The summed E-state index contributed by atoms with van der Waals surface area (Å²) in [5.41, 5.74) is 1.88. The molecule has 0 aromatic carbocycles. The molecule has 6 heteroatoms. The van der Waals surface area contributed by atoms with Crippen molar-refractivity contribution in [3.05, 3.63) is 21.6 Å². The van der Waals surface area contributed by atoms with E-state index in [1.54, 1.807) is 7.05 Å². The van der Waals surface area contributed by atoms with Crippen LogP contribution in [0.1, 0.15) is 17.7 Å². The maximum absolute atomic E-state index is 11.5. The summed E-state index contributed by atoms with van der Waals surface area (Å²) < 4.78 is 0. The molecule has 6 nitrogen and oxygen atoms in total. The van der Waals surface area contributed by atoms with E-state index in [9.17, 15) is 9.59 Å². The van der Waals surface area contributed by atoms with Crippen molar-refractivity contribution in [1.82, 2.24) is 15.5 Å². The quantitative estimate of drug-likeness (QED) is 0.624. The Morgan fingerprint density at radius 2 is 2.38 bits per heavy atom. The van der Waals surface area contributed by atoms with Crippen LogP contribution in [0.15, 0.2) is 4.79 Å². The van der Waals surface area contributed by atoms with E-state index in [-0.39, 0.29) is 17.9 Å². The predicted molar refractivity (Wildman–Crippen MR) is 59.4 cm³/mol. The van der Waals surface area contributed by atoms with Gasteiger partial charge in [-0.25, -0.2) is 5.10 Å². The molecule has 1 aliphatic rings. The van der Waals surface area contributed by atoms with Crippen LogP contribution in [0.3, 0.4) is 0 Å². The van der Waals surface area contributed by atoms with Crippen LogP contribution in [0.25, 0.3) is 0 Å². The third-order valence-electron chi connectivity index (χ3n) is 2.67. The molecule has 1 aliphatic heterocycles. The lowest BCUT2D eigenvalue weighted by atomic mass is 10.0. The highest BCUT2D eigenvalue weighted by molar-refractivity contribution is 5.79. The standard InChI is InChI=1S/C10H14N4O2/c1-11-8(15)5-7-9-6(3-2-4-12-9)10(16)14-13-7/h12H,2-5H2,1H3,(H,11,15)(H,14,16). The number of nitrogens with one attached hydrogen (secondary N) is 3. The van der Waals surface area contributed by atoms with Crippen molar-refractivity contribution in [3.8, 4) is 0 Å². The number of hydrogen-bond donors (Lipinski definition) is 3. The van der Waals surface area contributed by atoms with Gasteiger partial charge in [-0.15, -0.1) is 0 Å². The van der Waals surface area contributed by atoms with E-state index in [4.69, 9.17) is 0 Å². The first-order valence-electron chi connectivity index (χ1n) is 5.27. The van der Waals surface area contributed by atoms with Crippen molar-refractivity contribution in [2.75, 3.05) is 18.9 Å². The van der Waals surface area contributed by atoms with E-state index in [2.05, 4.69) is 20.8 Å². The minimum absolute atomic E-state index is 0.117. The van der Waals surface area contributed by atoms with Crippen LogP contribution in [0.2, 0.25) is 0 Å². The highest BCUT2D eigenvalue weighted by atomic mass is 16.1. The molecule has 2 heterocycles. The molecule has 0 spiro atoms. The smallest absolute Gasteiger partial charge is 0.269 e. The Bertz CT molecular complexity index is 466. The monoisotopic (exact) mass is 222 g/mol. The number of anilines is 1. The summed E-state index contributed by atoms with van der Waals surface area (Å²) in [6, 6.07) is 0. The number of amides is 1. The van der Waals surface area contributed by atoms with Gasteiger partial charge < -0.3 is 10.6 Å².